The van der Waals surface area contributed by atoms with Crippen molar-refractivity contribution in [3.8, 4) is 5.75 Å². The highest BCUT2D eigenvalue weighted by Gasteiger charge is 2.09. The lowest BCUT2D eigenvalue weighted by molar-refractivity contribution is 0.0992. The first-order chi connectivity index (χ1) is 8.70. The zero-order chi connectivity index (χ0) is 13.0. The summed E-state index contributed by atoms with van der Waals surface area (Å²) in [5.74, 6) is -0.443. The fourth-order valence-electron chi connectivity index (χ4n) is 1.56. The van der Waals surface area contributed by atoms with Gasteiger partial charge in [-0.2, -0.15) is 10.2 Å². The maximum absolute atomic E-state index is 13.4. The molecule has 0 atom stereocenters. The van der Waals surface area contributed by atoms with Crippen LogP contribution in [0.3, 0.4) is 0 Å². The molecule has 2 rings (SSSR count). The Morgan fingerprint density at radius 1 is 1.33 bits per heavy atom. The number of methoxy groups -OCH3 is 1. The highest BCUT2D eigenvalue weighted by atomic mass is 19.1. The van der Waals surface area contributed by atoms with E-state index in [0.717, 1.165) is 0 Å². The molecule has 0 fully saturated rings. The number of nitrogens with zero attached hydrogens (tertiary/aromatic N) is 2. The first-order valence-electron chi connectivity index (χ1n) is 5.33. The summed E-state index contributed by atoms with van der Waals surface area (Å²) in [4.78, 5) is 11.9. The molecule has 5 heteroatoms. The first kappa shape index (κ1) is 12.2. The van der Waals surface area contributed by atoms with Crippen molar-refractivity contribution in [1.29, 1.82) is 0 Å². The van der Waals surface area contributed by atoms with Gasteiger partial charge in [0.15, 0.2) is 17.3 Å². The molecule has 0 radical (unpaired) electrons. The maximum atomic E-state index is 13.4. The summed E-state index contributed by atoms with van der Waals surface area (Å²) < 4.78 is 18.3. The number of rotatable bonds is 4. The summed E-state index contributed by atoms with van der Waals surface area (Å²) in [5.41, 5.74) is 1.05. The minimum atomic E-state index is -0.476. The lowest BCUT2D eigenvalue weighted by Crippen LogP contribution is -2.04. The third kappa shape index (κ3) is 2.68. The molecule has 2 aromatic rings. The van der Waals surface area contributed by atoms with Crippen LogP contribution >= 0.6 is 0 Å². The predicted molar refractivity (Wildman–Crippen MR) is 63.0 cm³/mol. The molecule has 0 unspecified atom stereocenters. The fourth-order valence-corrected chi connectivity index (χ4v) is 1.56. The highest BCUT2D eigenvalue weighted by molar-refractivity contribution is 5.97. The van der Waals surface area contributed by atoms with E-state index < -0.39 is 5.82 Å². The smallest absolute Gasteiger partial charge is 0.168 e. The Balaban J connectivity index is 2.15. The van der Waals surface area contributed by atoms with Gasteiger partial charge in [0.1, 0.15) is 0 Å². The Morgan fingerprint density at radius 2 is 2.17 bits per heavy atom. The summed E-state index contributed by atoms with van der Waals surface area (Å²) >= 11 is 0. The van der Waals surface area contributed by atoms with E-state index in [-0.39, 0.29) is 18.0 Å². The van der Waals surface area contributed by atoms with Gasteiger partial charge in [-0.15, -0.1) is 0 Å². The third-order valence-corrected chi connectivity index (χ3v) is 2.49. The van der Waals surface area contributed by atoms with Crippen molar-refractivity contribution < 1.29 is 13.9 Å². The van der Waals surface area contributed by atoms with Gasteiger partial charge >= 0.3 is 0 Å². The van der Waals surface area contributed by atoms with E-state index in [4.69, 9.17) is 4.74 Å². The minimum absolute atomic E-state index is 0.118. The second kappa shape index (κ2) is 5.35. The summed E-state index contributed by atoms with van der Waals surface area (Å²) in [5, 5.41) is 7.22. The number of carbonyl (C=O) groups is 1. The SMILES string of the molecule is COc1ccc(CC(=O)c2ccnnc2)cc1F. The van der Waals surface area contributed by atoms with Crippen LogP contribution in [-0.4, -0.2) is 23.1 Å². The third-order valence-electron chi connectivity index (χ3n) is 2.49. The molecule has 0 aliphatic carbocycles. The lowest BCUT2D eigenvalue weighted by atomic mass is 10.0. The number of hydrogen-bond acceptors (Lipinski definition) is 4. The monoisotopic (exact) mass is 246 g/mol. The second-order valence-electron chi connectivity index (χ2n) is 3.70. The maximum Gasteiger partial charge on any atom is 0.168 e. The minimum Gasteiger partial charge on any atom is -0.494 e. The molecule has 0 saturated carbocycles. The number of ether oxygens (including phenoxy) is 1. The van der Waals surface area contributed by atoms with Crippen LogP contribution in [0.15, 0.2) is 36.7 Å². The average Bonchev–Trinajstić information content (AvgIpc) is 2.40. The van der Waals surface area contributed by atoms with Crippen molar-refractivity contribution in [3.63, 3.8) is 0 Å². The van der Waals surface area contributed by atoms with E-state index in [9.17, 15) is 9.18 Å². The Kier molecular flexibility index (Phi) is 3.62. The zero-order valence-corrected chi connectivity index (χ0v) is 9.76. The van der Waals surface area contributed by atoms with Crippen molar-refractivity contribution >= 4 is 5.78 Å². The Labute approximate surface area is 103 Å². The molecular weight excluding hydrogens is 235 g/mol. The summed E-state index contributed by atoms with van der Waals surface area (Å²) in [7, 11) is 1.39. The van der Waals surface area contributed by atoms with Gasteiger partial charge in [-0.1, -0.05) is 6.07 Å². The summed E-state index contributed by atoms with van der Waals surface area (Å²) in [6, 6.07) is 6.04. The molecule has 0 saturated heterocycles. The van der Waals surface area contributed by atoms with Gasteiger partial charge in [-0.3, -0.25) is 4.79 Å². The first-order valence-corrected chi connectivity index (χ1v) is 5.33. The number of carbonyl (C=O) groups excluding carboxylic acids is 1. The van der Waals surface area contributed by atoms with Crippen molar-refractivity contribution in [1.82, 2.24) is 10.2 Å². The van der Waals surface area contributed by atoms with Gasteiger partial charge in [0, 0.05) is 12.0 Å². The lowest BCUT2D eigenvalue weighted by Gasteiger charge is -2.04. The molecular formula is C13H11FN2O2. The number of Topliss-reactive ketones (excluding diaryl/α,β-unsaturated/α-hetero) is 1. The Hall–Kier alpha value is -2.30. The van der Waals surface area contributed by atoms with Gasteiger partial charge in [-0.05, 0) is 23.8 Å². The number of hydrogen-bond donors (Lipinski definition) is 0. The second-order valence-corrected chi connectivity index (χ2v) is 3.70. The molecule has 1 heterocycles. The molecule has 1 aromatic carbocycles. The molecule has 18 heavy (non-hydrogen) atoms. The molecule has 92 valence electrons. The van der Waals surface area contributed by atoms with Gasteiger partial charge in [-0.25, -0.2) is 4.39 Å². The standard InChI is InChI=1S/C13H11FN2O2/c1-18-13-3-2-9(6-11(13)14)7-12(17)10-4-5-15-16-8-10/h2-6,8H,7H2,1H3. The van der Waals surface area contributed by atoms with Crippen molar-refractivity contribution in [2.45, 2.75) is 6.42 Å². The predicted octanol–water partition coefficient (Wildman–Crippen LogP) is 2.05. The van der Waals surface area contributed by atoms with Crippen LogP contribution in [0.2, 0.25) is 0 Å². The molecule has 0 N–H and O–H groups in total. The molecule has 0 amide bonds. The number of halogens is 1. The Bertz CT molecular complexity index is 558. The van der Waals surface area contributed by atoms with Crippen LogP contribution in [0.25, 0.3) is 0 Å². The van der Waals surface area contributed by atoms with Gasteiger partial charge < -0.3 is 4.74 Å². The average molecular weight is 246 g/mol. The number of aromatic nitrogens is 2. The molecule has 0 aliphatic rings. The van der Waals surface area contributed by atoms with E-state index in [1.54, 1.807) is 12.1 Å². The number of benzene rings is 1. The fraction of sp³-hybridized carbons (Fsp3) is 0.154. The highest BCUT2D eigenvalue weighted by Crippen LogP contribution is 2.18. The van der Waals surface area contributed by atoms with E-state index in [0.29, 0.717) is 11.1 Å². The van der Waals surface area contributed by atoms with Gasteiger partial charge in [0.25, 0.3) is 0 Å². The van der Waals surface area contributed by atoms with Crippen LogP contribution in [-0.2, 0) is 6.42 Å². The Morgan fingerprint density at radius 3 is 2.78 bits per heavy atom. The molecule has 0 spiro atoms. The summed E-state index contributed by atoms with van der Waals surface area (Å²) in [6.45, 7) is 0. The molecule has 4 nitrogen and oxygen atoms in total. The molecule has 0 bridgehead atoms. The largest absolute Gasteiger partial charge is 0.494 e. The van der Waals surface area contributed by atoms with E-state index in [1.807, 2.05) is 0 Å². The van der Waals surface area contributed by atoms with E-state index in [1.165, 1.54) is 31.6 Å². The van der Waals surface area contributed by atoms with E-state index in [2.05, 4.69) is 10.2 Å². The zero-order valence-electron chi connectivity index (χ0n) is 9.76. The van der Waals surface area contributed by atoms with Crippen molar-refractivity contribution in [2.24, 2.45) is 0 Å². The molecule has 1 aromatic heterocycles. The van der Waals surface area contributed by atoms with Crippen LogP contribution < -0.4 is 4.74 Å². The van der Waals surface area contributed by atoms with Crippen LogP contribution in [0.5, 0.6) is 5.75 Å². The van der Waals surface area contributed by atoms with Crippen LogP contribution in [0.4, 0.5) is 4.39 Å². The van der Waals surface area contributed by atoms with Crippen LogP contribution in [0, 0.1) is 5.82 Å². The number of ketones is 1. The van der Waals surface area contributed by atoms with Gasteiger partial charge in [0.2, 0.25) is 0 Å². The van der Waals surface area contributed by atoms with Crippen molar-refractivity contribution in [3.05, 3.63) is 53.6 Å². The van der Waals surface area contributed by atoms with E-state index >= 15 is 0 Å². The topological polar surface area (TPSA) is 52.1 Å². The van der Waals surface area contributed by atoms with Gasteiger partial charge in [0.05, 0.1) is 19.5 Å². The molecule has 0 aliphatic heterocycles. The summed E-state index contributed by atoms with van der Waals surface area (Å²) in [6.07, 6.45) is 2.96. The quantitative estimate of drug-likeness (QED) is 0.775. The normalized spacial score (nSPS) is 10.1. The van der Waals surface area contributed by atoms with Crippen molar-refractivity contribution in [2.75, 3.05) is 7.11 Å². The van der Waals surface area contributed by atoms with Crippen LogP contribution in [0.1, 0.15) is 15.9 Å².